The van der Waals surface area contributed by atoms with Crippen molar-refractivity contribution in [1.29, 1.82) is 0 Å². The van der Waals surface area contributed by atoms with Crippen molar-refractivity contribution >= 4 is 49.2 Å². The van der Waals surface area contributed by atoms with E-state index < -0.39 is 0 Å². The minimum Gasteiger partial charge on any atom is -0.0757 e. The van der Waals surface area contributed by atoms with Crippen LogP contribution in [0.25, 0.3) is 138 Å². The zero-order valence-electron chi connectivity index (χ0n) is 36.1. The molecule has 3 aliphatic rings. The van der Waals surface area contributed by atoms with Crippen molar-refractivity contribution < 1.29 is 0 Å². The molecule has 0 fully saturated rings. The summed E-state index contributed by atoms with van der Waals surface area (Å²) in [5.41, 5.74) is 23.6. The molecule has 66 heavy (non-hydrogen) atoms. The Kier molecular flexibility index (Phi) is 7.43. The molecule has 1 unspecified atom stereocenters. The van der Waals surface area contributed by atoms with E-state index in [2.05, 4.69) is 224 Å². The van der Waals surface area contributed by atoms with Gasteiger partial charge in [0.05, 0.1) is 0 Å². The van der Waals surface area contributed by atoms with E-state index in [0.29, 0.717) is 0 Å². The van der Waals surface area contributed by atoms with Gasteiger partial charge in [-0.25, -0.2) is 0 Å². The van der Waals surface area contributed by atoms with Gasteiger partial charge in [0, 0.05) is 5.92 Å². The predicted octanol–water partition coefficient (Wildman–Crippen LogP) is 17.3. The lowest BCUT2D eigenvalue weighted by Gasteiger charge is -2.25. The van der Waals surface area contributed by atoms with Crippen molar-refractivity contribution in [1.82, 2.24) is 0 Å². The van der Waals surface area contributed by atoms with Crippen molar-refractivity contribution in [3.05, 3.63) is 235 Å². The first-order chi connectivity index (χ1) is 32.8. The Bertz CT molecular complexity index is 4100. The van der Waals surface area contributed by atoms with Crippen molar-refractivity contribution in [2.75, 3.05) is 0 Å². The molecule has 0 spiro atoms. The fourth-order valence-electron chi connectivity index (χ4n) is 12.6. The molecule has 0 saturated heterocycles. The SMILES string of the molecule is C1=c2ccc3cc(-c4ccccc4)cc4cc5c(c2c34)C(C1)c1cc2c(-c3ccccc3-c3ccccc3)c3c(c(-c4ccccc4-c4ccccc4)c2cc1-5)-c1cccc2cccc-3c12. The molecule has 12 aromatic carbocycles. The highest BCUT2D eigenvalue weighted by Gasteiger charge is 2.37. The molecule has 0 heterocycles. The highest BCUT2D eigenvalue weighted by atomic mass is 14.4. The second kappa shape index (κ2) is 13.6. The van der Waals surface area contributed by atoms with Crippen LogP contribution < -0.4 is 5.22 Å². The Morgan fingerprint density at radius 1 is 0.288 bits per heavy atom. The van der Waals surface area contributed by atoms with Gasteiger partial charge in [-0.2, -0.15) is 0 Å². The van der Waals surface area contributed by atoms with Gasteiger partial charge in [-0.15, -0.1) is 0 Å². The zero-order valence-corrected chi connectivity index (χ0v) is 36.1. The van der Waals surface area contributed by atoms with Crippen molar-refractivity contribution in [3.63, 3.8) is 0 Å². The second-order valence-corrected chi connectivity index (χ2v) is 18.5. The van der Waals surface area contributed by atoms with Crippen LogP contribution in [0.5, 0.6) is 0 Å². The highest BCUT2D eigenvalue weighted by Crippen LogP contribution is 2.61. The molecule has 304 valence electrons. The minimum absolute atomic E-state index is 0.266. The molecule has 12 aromatic rings. The molecule has 0 saturated carbocycles. The number of rotatable bonds is 5. The van der Waals surface area contributed by atoms with Crippen LogP contribution in [0.1, 0.15) is 23.5 Å². The van der Waals surface area contributed by atoms with Crippen LogP contribution in [-0.4, -0.2) is 0 Å². The van der Waals surface area contributed by atoms with Gasteiger partial charge >= 0.3 is 0 Å². The van der Waals surface area contributed by atoms with Crippen LogP contribution in [0, 0.1) is 0 Å². The van der Waals surface area contributed by atoms with Crippen molar-refractivity contribution in [2.45, 2.75) is 12.3 Å². The van der Waals surface area contributed by atoms with Crippen LogP contribution >= 0.6 is 0 Å². The lowest BCUT2D eigenvalue weighted by Crippen LogP contribution is -2.13. The summed E-state index contributed by atoms with van der Waals surface area (Å²) in [5, 5.41) is 12.0. The summed E-state index contributed by atoms with van der Waals surface area (Å²) >= 11 is 0. The number of fused-ring (bicyclic) bond motifs is 7. The Morgan fingerprint density at radius 3 is 1.44 bits per heavy atom. The van der Waals surface area contributed by atoms with Gasteiger partial charge in [-0.1, -0.05) is 194 Å². The third kappa shape index (κ3) is 4.93. The average molecular weight is 833 g/mol. The maximum absolute atomic E-state index is 2.65. The predicted molar refractivity (Wildman–Crippen MR) is 280 cm³/mol. The molecule has 0 aromatic heterocycles. The van der Waals surface area contributed by atoms with E-state index in [0.717, 1.165) is 6.42 Å². The smallest absolute Gasteiger partial charge is 0.0143 e. The zero-order chi connectivity index (χ0) is 43.0. The maximum atomic E-state index is 2.65. The van der Waals surface area contributed by atoms with E-state index in [9.17, 15) is 0 Å². The first-order valence-electron chi connectivity index (χ1n) is 23.4. The summed E-state index contributed by atoms with van der Waals surface area (Å²) < 4.78 is 0. The van der Waals surface area contributed by atoms with Crippen LogP contribution in [-0.2, 0) is 0 Å². The highest BCUT2D eigenvalue weighted by molar-refractivity contribution is 6.29. The lowest BCUT2D eigenvalue weighted by atomic mass is 9.78. The molecule has 1 atom stereocenters. The quantitative estimate of drug-likeness (QED) is 0.162. The Morgan fingerprint density at radius 2 is 0.818 bits per heavy atom. The summed E-state index contributed by atoms with van der Waals surface area (Å²) in [5.74, 6) is 0.266. The molecule has 0 heteroatoms. The van der Waals surface area contributed by atoms with Crippen LogP contribution in [0.4, 0.5) is 0 Å². The third-order valence-corrected chi connectivity index (χ3v) is 15.2. The summed E-state index contributed by atoms with van der Waals surface area (Å²) in [6.45, 7) is 0. The standard InChI is InChI=1S/C66H40/c1-4-16-39(17-5-1)45-34-44-31-30-43-32-33-51-54-37-57-58(38-55(54)56-36-46(35-45)59(44)61(43)62(51)56)64(50-27-13-11-25-48(50)41-20-8-3-9-21-41)66-53-29-15-23-42-22-14-28-52(60(42)53)65(66)63(57)49-26-12-10-24-47(49)40-18-6-2-7-19-40/h1-32,34-38,51H,33H2. The number of benzene rings is 12. The van der Waals surface area contributed by atoms with E-state index >= 15 is 0 Å². The normalized spacial score (nSPS) is 14.0. The van der Waals surface area contributed by atoms with Gasteiger partial charge in [0.25, 0.3) is 0 Å². The molecule has 0 nitrogen and oxygen atoms in total. The summed E-state index contributed by atoms with van der Waals surface area (Å²) in [6, 6.07) is 82.4. The van der Waals surface area contributed by atoms with E-state index in [-0.39, 0.29) is 5.92 Å². The Hall–Kier alpha value is -8.32. The molecule has 0 aliphatic heterocycles. The summed E-state index contributed by atoms with van der Waals surface area (Å²) in [6.07, 6.45) is 3.50. The van der Waals surface area contributed by atoms with E-state index in [4.69, 9.17) is 0 Å². The Labute approximate surface area is 383 Å². The van der Waals surface area contributed by atoms with Crippen LogP contribution in [0.15, 0.2) is 218 Å². The maximum Gasteiger partial charge on any atom is 0.0143 e. The summed E-state index contributed by atoms with van der Waals surface area (Å²) in [7, 11) is 0. The van der Waals surface area contributed by atoms with Gasteiger partial charge in [-0.3, -0.25) is 0 Å². The minimum atomic E-state index is 0.266. The van der Waals surface area contributed by atoms with Gasteiger partial charge in [-0.05, 0) is 185 Å². The fraction of sp³-hybridized carbons (Fsp3) is 0.0303. The summed E-state index contributed by atoms with van der Waals surface area (Å²) in [4.78, 5) is 0. The molecular weight excluding hydrogens is 793 g/mol. The lowest BCUT2D eigenvalue weighted by molar-refractivity contribution is 0.881. The second-order valence-electron chi connectivity index (χ2n) is 18.5. The molecular formula is C66H40. The van der Waals surface area contributed by atoms with E-state index in [1.165, 1.54) is 148 Å². The molecule has 0 radical (unpaired) electrons. The molecule has 0 bridgehead atoms. The number of hydrogen-bond donors (Lipinski definition) is 0. The fourth-order valence-corrected chi connectivity index (χ4v) is 12.6. The first-order valence-corrected chi connectivity index (χ1v) is 23.4. The van der Waals surface area contributed by atoms with Crippen molar-refractivity contribution in [3.8, 4) is 89.0 Å². The molecule has 3 aliphatic carbocycles. The largest absolute Gasteiger partial charge is 0.0757 e. The Balaban J connectivity index is 1.13. The van der Waals surface area contributed by atoms with Crippen LogP contribution in [0.3, 0.4) is 0 Å². The average Bonchev–Trinajstić information content (AvgIpc) is 3.88. The van der Waals surface area contributed by atoms with Crippen molar-refractivity contribution in [2.24, 2.45) is 0 Å². The molecule has 15 rings (SSSR count). The molecule has 0 N–H and O–H groups in total. The van der Waals surface area contributed by atoms with Crippen LogP contribution in [0.2, 0.25) is 0 Å². The van der Waals surface area contributed by atoms with Gasteiger partial charge in [0.2, 0.25) is 0 Å². The van der Waals surface area contributed by atoms with Gasteiger partial charge in [0.1, 0.15) is 0 Å². The monoisotopic (exact) mass is 832 g/mol. The topological polar surface area (TPSA) is 0 Å². The first kappa shape index (κ1) is 36.1. The number of hydrogen-bond acceptors (Lipinski definition) is 0. The van der Waals surface area contributed by atoms with E-state index in [1.54, 1.807) is 0 Å². The van der Waals surface area contributed by atoms with Gasteiger partial charge < -0.3 is 0 Å². The molecule has 0 amide bonds. The van der Waals surface area contributed by atoms with Gasteiger partial charge in [0.15, 0.2) is 0 Å². The third-order valence-electron chi connectivity index (χ3n) is 15.2. The van der Waals surface area contributed by atoms with E-state index in [1.807, 2.05) is 0 Å².